The Hall–Kier alpha value is -1.88. The molecular weight excluding hydrogens is 293 g/mol. The number of halogens is 3. The second-order valence-electron chi connectivity index (χ2n) is 4.11. The van der Waals surface area contributed by atoms with Crippen molar-refractivity contribution in [2.24, 2.45) is 0 Å². The number of nitrogens with two attached hydrogens (primary N) is 1. The average molecular weight is 304 g/mol. The summed E-state index contributed by atoms with van der Waals surface area (Å²) in [6, 6.07) is 1.13. The third-order valence-corrected chi connectivity index (χ3v) is 2.85. The van der Waals surface area contributed by atoms with Crippen molar-refractivity contribution >= 4 is 23.1 Å². The number of thioether (sulfide) groups is 1. The summed E-state index contributed by atoms with van der Waals surface area (Å²) in [6.07, 6.45) is -4.69. The highest BCUT2D eigenvalue weighted by Crippen LogP contribution is 2.36. The first kappa shape index (κ1) is 16.2. The van der Waals surface area contributed by atoms with Gasteiger partial charge >= 0.3 is 6.18 Å². The quantitative estimate of drug-likeness (QED) is 0.392. The Kier molecular flexibility index (Phi) is 4.89. The van der Waals surface area contributed by atoms with Gasteiger partial charge in [-0.1, -0.05) is 31.5 Å². The van der Waals surface area contributed by atoms with Gasteiger partial charge in [-0.05, 0) is 11.3 Å². The molecule has 108 valence electrons. The van der Waals surface area contributed by atoms with Gasteiger partial charge < -0.3 is 5.73 Å². The Labute approximate surface area is 117 Å². The molecule has 20 heavy (non-hydrogen) atoms. The first-order valence-corrected chi connectivity index (χ1v) is 6.32. The van der Waals surface area contributed by atoms with Crippen molar-refractivity contribution in [1.82, 2.24) is 0 Å². The molecule has 0 saturated heterocycles. The van der Waals surface area contributed by atoms with Crippen LogP contribution in [0.3, 0.4) is 0 Å². The van der Waals surface area contributed by atoms with Crippen LogP contribution in [0.4, 0.5) is 24.5 Å². The Morgan fingerprint density at radius 1 is 1.40 bits per heavy atom. The fourth-order valence-electron chi connectivity index (χ4n) is 1.26. The van der Waals surface area contributed by atoms with Gasteiger partial charge in [0.2, 0.25) is 0 Å². The lowest BCUT2D eigenvalue weighted by atomic mass is 10.1. The Morgan fingerprint density at radius 3 is 2.45 bits per heavy atom. The monoisotopic (exact) mass is 304 g/mol. The molecule has 0 atom stereocenters. The summed E-state index contributed by atoms with van der Waals surface area (Å²) in [5.74, 6) is 2.44. The lowest BCUT2D eigenvalue weighted by Gasteiger charge is -2.08. The van der Waals surface area contributed by atoms with E-state index >= 15 is 0 Å². The molecule has 0 fully saturated rings. The van der Waals surface area contributed by atoms with Crippen molar-refractivity contribution in [3.8, 4) is 11.2 Å². The Bertz CT molecular complexity index is 589. The van der Waals surface area contributed by atoms with Gasteiger partial charge in [-0.3, -0.25) is 10.1 Å². The minimum absolute atomic E-state index is 0.157. The molecule has 0 saturated carbocycles. The minimum Gasteiger partial charge on any atom is -0.392 e. The van der Waals surface area contributed by atoms with Crippen molar-refractivity contribution in [2.45, 2.75) is 25.3 Å². The molecule has 0 amide bonds. The first-order chi connectivity index (χ1) is 9.12. The molecule has 0 aromatic heterocycles. The molecule has 0 bridgehead atoms. The van der Waals surface area contributed by atoms with Crippen LogP contribution in [-0.4, -0.2) is 10.2 Å². The van der Waals surface area contributed by atoms with Gasteiger partial charge in [-0.25, -0.2) is 0 Å². The van der Waals surface area contributed by atoms with Gasteiger partial charge in [0.25, 0.3) is 5.69 Å². The second kappa shape index (κ2) is 6.05. The molecule has 8 heteroatoms. The van der Waals surface area contributed by atoms with E-state index in [0.29, 0.717) is 6.07 Å². The molecule has 1 aromatic rings. The number of alkyl halides is 3. The lowest BCUT2D eigenvalue weighted by Crippen LogP contribution is -2.08. The fraction of sp³-hybridized carbons (Fsp3) is 0.333. The molecule has 0 aliphatic rings. The molecule has 0 unspecified atom stereocenters. The van der Waals surface area contributed by atoms with Crippen molar-refractivity contribution in [3.05, 3.63) is 33.4 Å². The van der Waals surface area contributed by atoms with Gasteiger partial charge in [0, 0.05) is 11.3 Å². The van der Waals surface area contributed by atoms with Crippen LogP contribution in [0, 0.1) is 21.3 Å². The van der Waals surface area contributed by atoms with Crippen molar-refractivity contribution < 1.29 is 18.1 Å². The SMILES string of the molecule is CC(C)SC#Cc1cc(C(F)(F)F)cc([N+](=O)[O-])c1N. The average Bonchev–Trinajstić information content (AvgIpc) is 2.28. The maximum absolute atomic E-state index is 12.7. The molecule has 1 aromatic carbocycles. The highest BCUT2D eigenvalue weighted by Gasteiger charge is 2.34. The van der Waals surface area contributed by atoms with Crippen LogP contribution in [0.15, 0.2) is 12.1 Å². The van der Waals surface area contributed by atoms with Crippen LogP contribution in [0.2, 0.25) is 0 Å². The van der Waals surface area contributed by atoms with Crippen LogP contribution in [0.1, 0.15) is 25.0 Å². The maximum Gasteiger partial charge on any atom is 0.416 e. The number of anilines is 1. The van der Waals surface area contributed by atoms with Gasteiger partial charge in [0.1, 0.15) is 5.69 Å². The normalized spacial score (nSPS) is 11.1. The zero-order chi connectivity index (χ0) is 15.5. The standard InChI is InChI=1S/C12H11F3N2O2S/c1-7(2)20-4-3-8-5-9(12(13,14)15)6-10(11(8)16)17(18)19/h5-7H,16H2,1-2H3. The number of nitrogens with zero attached hydrogens (tertiary/aromatic N) is 1. The molecule has 4 nitrogen and oxygen atoms in total. The molecule has 0 aliphatic heterocycles. The van der Waals surface area contributed by atoms with Crippen LogP contribution in [-0.2, 0) is 6.18 Å². The molecule has 0 radical (unpaired) electrons. The Morgan fingerprint density at radius 2 is 2.00 bits per heavy atom. The van der Waals surface area contributed by atoms with Crippen LogP contribution < -0.4 is 5.73 Å². The number of hydrogen-bond donors (Lipinski definition) is 1. The van der Waals surface area contributed by atoms with Crippen molar-refractivity contribution in [1.29, 1.82) is 0 Å². The third-order valence-electron chi connectivity index (χ3n) is 2.16. The Balaban J connectivity index is 3.38. The zero-order valence-electron chi connectivity index (χ0n) is 10.6. The highest BCUT2D eigenvalue weighted by molar-refractivity contribution is 8.04. The predicted molar refractivity (Wildman–Crippen MR) is 72.1 cm³/mol. The van der Waals surface area contributed by atoms with E-state index in [1.165, 1.54) is 11.8 Å². The maximum atomic E-state index is 12.7. The van der Waals surface area contributed by atoms with Crippen molar-refractivity contribution in [3.63, 3.8) is 0 Å². The van der Waals surface area contributed by atoms with E-state index in [1.807, 2.05) is 13.8 Å². The summed E-state index contributed by atoms with van der Waals surface area (Å²) < 4.78 is 38.0. The van der Waals surface area contributed by atoms with E-state index in [0.717, 1.165) is 6.07 Å². The molecule has 0 heterocycles. The van der Waals surface area contributed by atoms with Crippen LogP contribution in [0.25, 0.3) is 0 Å². The van der Waals surface area contributed by atoms with Gasteiger partial charge in [0.05, 0.1) is 16.1 Å². The molecule has 0 aliphatic carbocycles. The van der Waals surface area contributed by atoms with Crippen LogP contribution in [0.5, 0.6) is 0 Å². The topological polar surface area (TPSA) is 69.2 Å². The first-order valence-electron chi connectivity index (χ1n) is 5.44. The van der Waals surface area contributed by atoms with E-state index in [-0.39, 0.29) is 16.5 Å². The molecule has 0 spiro atoms. The smallest absolute Gasteiger partial charge is 0.392 e. The second-order valence-corrected chi connectivity index (χ2v) is 5.49. The number of nitro groups is 1. The number of nitrogen functional groups attached to an aromatic ring is 1. The van der Waals surface area contributed by atoms with E-state index in [4.69, 9.17) is 5.73 Å². The van der Waals surface area contributed by atoms with E-state index < -0.39 is 22.4 Å². The number of hydrogen-bond acceptors (Lipinski definition) is 4. The third kappa shape index (κ3) is 4.06. The molecule has 1 rings (SSSR count). The number of nitro benzene ring substituents is 1. The fourth-order valence-corrected chi connectivity index (χ4v) is 1.66. The summed E-state index contributed by atoms with van der Waals surface area (Å²) in [4.78, 5) is 9.79. The summed E-state index contributed by atoms with van der Waals surface area (Å²) in [5, 5.41) is 13.5. The van der Waals surface area contributed by atoms with E-state index in [9.17, 15) is 23.3 Å². The van der Waals surface area contributed by atoms with E-state index in [1.54, 1.807) is 0 Å². The number of rotatable bonds is 2. The summed E-state index contributed by atoms with van der Waals surface area (Å²) in [6.45, 7) is 3.72. The van der Waals surface area contributed by atoms with Gasteiger partial charge in [0.15, 0.2) is 0 Å². The minimum atomic E-state index is -4.69. The van der Waals surface area contributed by atoms with Gasteiger partial charge in [-0.2, -0.15) is 13.2 Å². The lowest BCUT2D eigenvalue weighted by molar-refractivity contribution is -0.384. The van der Waals surface area contributed by atoms with Crippen molar-refractivity contribution in [2.75, 3.05) is 5.73 Å². The predicted octanol–water partition coefficient (Wildman–Crippen LogP) is 3.65. The molecule has 2 N–H and O–H groups in total. The summed E-state index contributed by atoms with van der Waals surface area (Å²) in [5.41, 5.74) is 3.00. The summed E-state index contributed by atoms with van der Waals surface area (Å²) >= 11 is 1.19. The molecular formula is C12H11F3N2O2S. The zero-order valence-corrected chi connectivity index (χ0v) is 11.4. The number of benzene rings is 1. The van der Waals surface area contributed by atoms with E-state index in [2.05, 4.69) is 11.2 Å². The highest BCUT2D eigenvalue weighted by atomic mass is 32.2. The van der Waals surface area contributed by atoms with Crippen LogP contribution >= 0.6 is 11.8 Å². The summed E-state index contributed by atoms with van der Waals surface area (Å²) in [7, 11) is 0. The van der Waals surface area contributed by atoms with Gasteiger partial charge in [-0.15, -0.1) is 0 Å². The largest absolute Gasteiger partial charge is 0.416 e.